The molecule has 1 heterocycles. The van der Waals surface area contributed by atoms with E-state index in [2.05, 4.69) is 4.74 Å². The largest absolute Gasteiger partial charge is 0.573 e. The molecule has 0 saturated carbocycles. The number of ether oxygens (including phenoxy) is 2. The van der Waals surface area contributed by atoms with Gasteiger partial charge in [0.1, 0.15) is 11.9 Å². The number of rotatable bonds is 4. The second kappa shape index (κ2) is 6.31. The smallest absolute Gasteiger partial charge is 0.406 e. The molecular formula is C13H15F3N2O3. The SMILES string of the molecule is NC(=O)C1CN(Cc2cccc(OC(F)(F)F)c2)CCO1. The van der Waals surface area contributed by atoms with Crippen molar-refractivity contribution in [1.29, 1.82) is 0 Å². The van der Waals surface area contributed by atoms with E-state index in [1.807, 2.05) is 4.90 Å². The van der Waals surface area contributed by atoms with E-state index in [9.17, 15) is 18.0 Å². The maximum absolute atomic E-state index is 12.2. The lowest BCUT2D eigenvalue weighted by Gasteiger charge is -2.31. The summed E-state index contributed by atoms with van der Waals surface area (Å²) in [6.45, 7) is 1.64. The first-order valence-corrected chi connectivity index (χ1v) is 6.31. The summed E-state index contributed by atoms with van der Waals surface area (Å²) >= 11 is 0. The number of nitrogens with two attached hydrogens (primary N) is 1. The average molecular weight is 304 g/mol. The molecule has 1 amide bonds. The fraction of sp³-hybridized carbons (Fsp3) is 0.462. The number of amides is 1. The van der Waals surface area contributed by atoms with Gasteiger partial charge in [-0.15, -0.1) is 13.2 Å². The highest BCUT2D eigenvalue weighted by Gasteiger charge is 2.31. The van der Waals surface area contributed by atoms with E-state index in [1.165, 1.54) is 18.2 Å². The molecule has 8 heteroatoms. The number of hydrogen-bond acceptors (Lipinski definition) is 4. The first-order valence-electron chi connectivity index (χ1n) is 6.31. The molecule has 1 aliphatic heterocycles. The van der Waals surface area contributed by atoms with Gasteiger partial charge in [-0.1, -0.05) is 12.1 Å². The molecule has 0 aliphatic carbocycles. The van der Waals surface area contributed by atoms with Crippen molar-refractivity contribution in [3.05, 3.63) is 29.8 Å². The summed E-state index contributed by atoms with van der Waals surface area (Å²) in [5.41, 5.74) is 5.84. The minimum Gasteiger partial charge on any atom is -0.406 e. The van der Waals surface area contributed by atoms with Crippen molar-refractivity contribution >= 4 is 5.91 Å². The van der Waals surface area contributed by atoms with Crippen molar-refractivity contribution in [2.75, 3.05) is 19.7 Å². The number of hydrogen-bond donors (Lipinski definition) is 1. The summed E-state index contributed by atoms with van der Waals surface area (Å²) in [6, 6.07) is 5.74. The Morgan fingerprint density at radius 2 is 2.24 bits per heavy atom. The number of benzene rings is 1. The Bertz CT molecular complexity index is 508. The molecule has 1 fully saturated rings. The molecule has 0 bridgehead atoms. The van der Waals surface area contributed by atoms with Crippen molar-refractivity contribution in [2.24, 2.45) is 5.73 Å². The van der Waals surface area contributed by atoms with Crippen LogP contribution in [0.15, 0.2) is 24.3 Å². The summed E-state index contributed by atoms with van der Waals surface area (Å²) in [5, 5.41) is 0. The maximum Gasteiger partial charge on any atom is 0.573 e. The molecule has 1 aromatic carbocycles. The molecule has 2 rings (SSSR count). The molecule has 0 radical (unpaired) electrons. The first kappa shape index (κ1) is 15.6. The normalized spacial score (nSPS) is 20.2. The summed E-state index contributed by atoms with van der Waals surface area (Å²) in [4.78, 5) is 13.0. The fourth-order valence-electron chi connectivity index (χ4n) is 2.12. The van der Waals surface area contributed by atoms with E-state index < -0.39 is 18.4 Å². The van der Waals surface area contributed by atoms with Gasteiger partial charge >= 0.3 is 6.36 Å². The average Bonchev–Trinajstić information content (AvgIpc) is 2.37. The molecular weight excluding hydrogens is 289 g/mol. The van der Waals surface area contributed by atoms with Gasteiger partial charge < -0.3 is 15.2 Å². The number of primary amides is 1. The van der Waals surface area contributed by atoms with Gasteiger partial charge in [-0.2, -0.15) is 0 Å². The van der Waals surface area contributed by atoms with E-state index in [4.69, 9.17) is 10.5 Å². The number of morpholine rings is 1. The Morgan fingerprint density at radius 1 is 1.48 bits per heavy atom. The number of halogens is 3. The standard InChI is InChI=1S/C13H15F3N2O3/c14-13(15,16)21-10-3-1-2-9(6-10)7-18-4-5-20-11(8-18)12(17)19/h1-3,6,11H,4-5,7-8H2,(H2,17,19). The minimum atomic E-state index is -4.71. The van der Waals surface area contributed by atoms with Gasteiger partial charge in [0.05, 0.1) is 6.61 Å². The molecule has 5 nitrogen and oxygen atoms in total. The van der Waals surface area contributed by atoms with Crippen molar-refractivity contribution in [2.45, 2.75) is 19.0 Å². The Morgan fingerprint density at radius 3 is 2.90 bits per heavy atom. The van der Waals surface area contributed by atoms with E-state index in [0.29, 0.717) is 31.8 Å². The monoisotopic (exact) mass is 304 g/mol. The fourth-order valence-corrected chi connectivity index (χ4v) is 2.12. The van der Waals surface area contributed by atoms with Crippen molar-refractivity contribution < 1.29 is 27.4 Å². The Balaban J connectivity index is 1.99. The summed E-state index contributed by atoms with van der Waals surface area (Å²) in [5.74, 6) is -0.812. The maximum atomic E-state index is 12.2. The Kier molecular flexibility index (Phi) is 4.69. The zero-order valence-corrected chi connectivity index (χ0v) is 11.1. The third kappa shape index (κ3) is 4.91. The third-order valence-electron chi connectivity index (χ3n) is 3.01. The quantitative estimate of drug-likeness (QED) is 0.910. The van der Waals surface area contributed by atoms with E-state index in [0.717, 1.165) is 0 Å². The molecule has 0 aromatic heterocycles. The summed E-state index contributed by atoms with van der Waals surface area (Å²) in [7, 11) is 0. The molecule has 2 N–H and O–H groups in total. The second-order valence-corrected chi connectivity index (χ2v) is 4.69. The third-order valence-corrected chi connectivity index (χ3v) is 3.01. The molecule has 1 aromatic rings. The highest BCUT2D eigenvalue weighted by molar-refractivity contribution is 5.79. The van der Waals surface area contributed by atoms with E-state index in [-0.39, 0.29) is 5.75 Å². The van der Waals surface area contributed by atoms with Crippen LogP contribution in [0.2, 0.25) is 0 Å². The van der Waals surface area contributed by atoms with E-state index >= 15 is 0 Å². The van der Waals surface area contributed by atoms with Crippen molar-refractivity contribution in [3.63, 3.8) is 0 Å². The number of carbonyl (C=O) groups is 1. The zero-order valence-electron chi connectivity index (χ0n) is 11.1. The van der Waals surface area contributed by atoms with Crippen LogP contribution in [0.3, 0.4) is 0 Å². The Hall–Kier alpha value is -1.80. The highest BCUT2D eigenvalue weighted by atomic mass is 19.4. The second-order valence-electron chi connectivity index (χ2n) is 4.69. The Labute approximate surface area is 119 Å². The first-order chi connectivity index (χ1) is 9.83. The van der Waals surface area contributed by atoms with Gasteiger partial charge in [0.25, 0.3) is 0 Å². The van der Waals surface area contributed by atoms with Crippen LogP contribution >= 0.6 is 0 Å². The van der Waals surface area contributed by atoms with Crippen molar-refractivity contribution in [1.82, 2.24) is 4.90 Å². The van der Waals surface area contributed by atoms with Gasteiger partial charge in [-0.3, -0.25) is 9.69 Å². The lowest BCUT2D eigenvalue weighted by atomic mass is 10.1. The predicted molar refractivity (Wildman–Crippen MR) is 67.3 cm³/mol. The molecule has 0 spiro atoms. The zero-order chi connectivity index (χ0) is 15.5. The number of alkyl halides is 3. The van der Waals surface area contributed by atoms with Crippen LogP contribution in [0.4, 0.5) is 13.2 Å². The van der Waals surface area contributed by atoms with Gasteiger partial charge in [0.15, 0.2) is 0 Å². The topological polar surface area (TPSA) is 64.8 Å². The van der Waals surface area contributed by atoms with Crippen LogP contribution in [0, 0.1) is 0 Å². The van der Waals surface area contributed by atoms with Crippen LogP contribution in [0.1, 0.15) is 5.56 Å². The number of carbonyl (C=O) groups excluding carboxylic acids is 1. The minimum absolute atomic E-state index is 0.264. The molecule has 1 atom stereocenters. The van der Waals surface area contributed by atoms with Crippen LogP contribution in [0.25, 0.3) is 0 Å². The van der Waals surface area contributed by atoms with Gasteiger partial charge in [-0.25, -0.2) is 0 Å². The van der Waals surface area contributed by atoms with Gasteiger partial charge in [0.2, 0.25) is 5.91 Å². The number of nitrogens with zero attached hydrogens (tertiary/aromatic N) is 1. The highest BCUT2D eigenvalue weighted by Crippen LogP contribution is 2.24. The molecule has 116 valence electrons. The lowest BCUT2D eigenvalue weighted by molar-refractivity contribution is -0.274. The molecule has 21 heavy (non-hydrogen) atoms. The van der Waals surface area contributed by atoms with Crippen molar-refractivity contribution in [3.8, 4) is 5.75 Å². The molecule has 1 aliphatic rings. The van der Waals surface area contributed by atoms with Crippen LogP contribution < -0.4 is 10.5 Å². The van der Waals surface area contributed by atoms with Crippen LogP contribution in [-0.2, 0) is 16.1 Å². The van der Waals surface area contributed by atoms with E-state index in [1.54, 1.807) is 6.07 Å². The predicted octanol–water partition coefficient (Wildman–Crippen LogP) is 1.27. The van der Waals surface area contributed by atoms with Gasteiger partial charge in [0, 0.05) is 19.6 Å². The summed E-state index contributed by atoms with van der Waals surface area (Å²) in [6.07, 6.45) is -5.40. The summed E-state index contributed by atoms with van der Waals surface area (Å²) < 4.78 is 45.6. The lowest BCUT2D eigenvalue weighted by Crippen LogP contribution is -2.47. The van der Waals surface area contributed by atoms with Gasteiger partial charge in [-0.05, 0) is 17.7 Å². The molecule has 1 saturated heterocycles. The van der Waals surface area contributed by atoms with Crippen LogP contribution in [0.5, 0.6) is 5.75 Å². The molecule has 1 unspecified atom stereocenters. The van der Waals surface area contributed by atoms with Crippen LogP contribution in [-0.4, -0.2) is 43.0 Å².